The maximum Gasteiger partial charge on any atom is 0.244 e. The van der Waals surface area contributed by atoms with Crippen LogP contribution in [0.25, 0.3) is 11.5 Å². The topological polar surface area (TPSA) is 85.8 Å². The standard InChI is InChI=1S/C17H19N5O2/c1-12-3-5-14(6-4-12)17-21-15(9-24-17)7-8-19-16(23)13(2)22-11-18-10-20-22/h3-6,9-11,13H,7-8H2,1-2H3,(H,19,23)/t13-/m0/s1. The van der Waals surface area contributed by atoms with E-state index >= 15 is 0 Å². The molecular formula is C17H19N5O2. The average Bonchev–Trinajstić information content (AvgIpc) is 3.26. The van der Waals surface area contributed by atoms with E-state index in [9.17, 15) is 4.79 Å². The SMILES string of the molecule is Cc1ccc(-c2nc(CCNC(=O)[C@H](C)n3cncn3)co2)cc1. The van der Waals surface area contributed by atoms with Gasteiger partial charge in [-0.25, -0.2) is 14.6 Å². The molecule has 1 N–H and O–H groups in total. The van der Waals surface area contributed by atoms with Gasteiger partial charge in [-0.2, -0.15) is 5.10 Å². The molecular weight excluding hydrogens is 306 g/mol. The first kappa shape index (κ1) is 15.9. The fourth-order valence-corrected chi connectivity index (χ4v) is 2.25. The molecule has 0 aliphatic rings. The molecule has 0 bridgehead atoms. The van der Waals surface area contributed by atoms with E-state index in [1.165, 1.54) is 22.9 Å². The van der Waals surface area contributed by atoms with Crippen molar-refractivity contribution in [1.29, 1.82) is 0 Å². The minimum atomic E-state index is -0.395. The first-order valence-corrected chi connectivity index (χ1v) is 7.77. The van der Waals surface area contributed by atoms with Crippen molar-refractivity contribution in [1.82, 2.24) is 25.1 Å². The van der Waals surface area contributed by atoms with E-state index < -0.39 is 6.04 Å². The number of nitrogens with one attached hydrogen (secondary N) is 1. The van der Waals surface area contributed by atoms with Crippen molar-refractivity contribution in [3.05, 3.63) is 54.4 Å². The molecule has 0 fully saturated rings. The van der Waals surface area contributed by atoms with Gasteiger partial charge in [0.1, 0.15) is 25.0 Å². The molecule has 3 rings (SSSR count). The molecule has 7 nitrogen and oxygen atoms in total. The molecule has 2 aromatic heterocycles. The Labute approximate surface area is 139 Å². The molecule has 0 aliphatic carbocycles. The molecule has 0 saturated heterocycles. The van der Waals surface area contributed by atoms with Crippen LogP contribution in [0, 0.1) is 6.92 Å². The van der Waals surface area contributed by atoms with Crippen LogP contribution in [-0.2, 0) is 11.2 Å². The second-order valence-electron chi connectivity index (χ2n) is 5.60. The van der Waals surface area contributed by atoms with Crippen LogP contribution in [0.5, 0.6) is 0 Å². The van der Waals surface area contributed by atoms with Gasteiger partial charge >= 0.3 is 0 Å². The molecule has 0 spiro atoms. The van der Waals surface area contributed by atoms with Gasteiger partial charge in [0, 0.05) is 18.5 Å². The molecule has 3 aromatic rings. The van der Waals surface area contributed by atoms with Crippen molar-refractivity contribution >= 4 is 5.91 Å². The maximum absolute atomic E-state index is 12.0. The Hall–Kier alpha value is -2.96. The molecule has 1 atom stereocenters. The summed E-state index contributed by atoms with van der Waals surface area (Å²) >= 11 is 0. The zero-order valence-corrected chi connectivity index (χ0v) is 13.6. The van der Waals surface area contributed by atoms with Gasteiger partial charge in [-0.3, -0.25) is 4.79 Å². The Morgan fingerprint density at radius 1 is 1.33 bits per heavy atom. The largest absolute Gasteiger partial charge is 0.444 e. The van der Waals surface area contributed by atoms with Gasteiger partial charge in [0.25, 0.3) is 0 Å². The molecule has 7 heteroatoms. The lowest BCUT2D eigenvalue weighted by Gasteiger charge is -2.11. The minimum absolute atomic E-state index is 0.109. The van der Waals surface area contributed by atoms with Crippen LogP contribution < -0.4 is 5.32 Å². The number of hydrogen-bond donors (Lipinski definition) is 1. The highest BCUT2D eigenvalue weighted by Gasteiger charge is 2.15. The summed E-state index contributed by atoms with van der Waals surface area (Å²) in [5, 5.41) is 6.83. The molecule has 124 valence electrons. The highest BCUT2D eigenvalue weighted by molar-refractivity contribution is 5.79. The normalized spacial score (nSPS) is 12.1. The molecule has 0 radical (unpaired) electrons. The minimum Gasteiger partial charge on any atom is -0.444 e. The summed E-state index contributed by atoms with van der Waals surface area (Å²) in [7, 11) is 0. The van der Waals surface area contributed by atoms with Crippen LogP contribution in [0.1, 0.15) is 24.2 Å². The van der Waals surface area contributed by atoms with Crippen LogP contribution >= 0.6 is 0 Å². The van der Waals surface area contributed by atoms with E-state index in [0.29, 0.717) is 18.9 Å². The Balaban J connectivity index is 1.52. The summed E-state index contributed by atoms with van der Waals surface area (Å²) in [5.41, 5.74) is 2.93. The summed E-state index contributed by atoms with van der Waals surface area (Å²) in [6.07, 6.45) is 5.16. The highest BCUT2D eigenvalue weighted by Crippen LogP contribution is 2.19. The summed E-state index contributed by atoms with van der Waals surface area (Å²) in [6, 6.07) is 7.60. The van der Waals surface area contributed by atoms with Gasteiger partial charge in [0.15, 0.2) is 0 Å². The number of carbonyl (C=O) groups excluding carboxylic acids is 1. The van der Waals surface area contributed by atoms with Crippen LogP contribution in [0.15, 0.2) is 47.6 Å². The predicted octanol–water partition coefficient (Wildman–Crippen LogP) is 2.16. The first-order chi connectivity index (χ1) is 11.6. The Morgan fingerprint density at radius 2 is 2.12 bits per heavy atom. The van der Waals surface area contributed by atoms with E-state index in [-0.39, 0.29) is 5.91 Å². The summed E-state index contributed by atoms with van der Waals surface area (Å²) in [4.78, 5) is 20.3. The zero-order chi connectivity index (χ0) is 16.9. The van der Waals surface area contributed by atoms with Crippen LogP contribution in [0.2, 0.25) is 0 Å². The van der Waals surface area contributed by atoms with Gasteiger partial charge in [-0.15, -0.1) is 0 Å². The fourth-order valence-electron chi connectivity index (χ4n) is 2.25. The predicted molar refractivity (Wildman–Crippen MR) is 88.1 cm³/mol. The van der Waals surface area contributed by atoms with Gasteiger partial charge in [-0.1, -0.05) is 17.7 Å². The van der Waals surface area contributed by atoms with Gasteiger partial charge in [0.05, 0.1) is 5.69 Å². The van der Waals surface area contributed by atoms with Crippen molar-refractivity contribution in [2.45, 2.75) is 26.3 Å². The Morgan fingerprint density at radius 3 is 2.83 bits per heavy atom. The molecule has 1 amide bonds. The molecule has 0 saturated carbocycles. The molecule has 1 aromatic carbocycles. The van der Waals surface area contributed by atoms with Crippen molar-refractivity contribution in [2.24, 2.45) is 0 Å². The van der Waals surface area contributed by atoms with Crippen LogP contribution in [0.4, 0.5) is 0 Å². The zero-order valence-electron chi connectivity index (χ0n) is 13.6. The van der Waals surface area contributed by atoms with Crippen molar-refractivity contribution in [3.8, 4) is 11.5 Å². The van der Waals surface area contributed by atoms with Crippen molar-refractivity contribution in [2.75, 3.05) is 6.54 Å². The number of oxazole rings is 1. The smallest absolute Gasteiger partial charge is 0.244 e. The van der Waals surface area contributed by atoms with Crippen molar-refractivity contribution < 1.29 is 9.21 Å². The third kappa shape index (κ3) is 3.68. The number of benzene rings is 1. The quantitative estimate of drug-likeness (QED) is 0.750. The number of amides is 1. The first-order valence-electron chi connectivity index (χ1n) is 7.77. The van der Waals surface area contributed by atoms with Gasteiger partial charge in [0.2, 0.25) is 11.8 Å². The second-order valence-corrected chi connectivity index (χ2v) is 5.60. The number of aryl methyl sites for hydroxylation is 1. The molecule has 0 aliphatic heterocycles. The lowest BCUT2D eigenvalue weighted by molar-refractivity contribution is -0.124. The van der Waals surface area contributed by atoms with Gasteiger partial charge in [-0.05, 0) is 26.0 Å². The molecule has 24 heavy (non-hydrogen) atoms. The Kier molecular flexibility index (Phi) is 4.69. The summed E-state index contributed by atoms with van der Waals surface area (Å²) in [5.74, 6) is 0.482. The molecule has 0 unspecified atom stereocenters. The maximum atomic E-state index is 12.0. The number of hydrogen-bond acceptors (Lipinski definition) is 5. The third-order valence-electron chi connectivity index (χ3n) is 3.74. The monoisotopic (exact) mass is 325 g/mol. The van der Waals surface area contributed by atoms with E-state index in [0.717, 1.165) is 11.3 Å². The van der Waals surface area contributed by atoms with Crippen LogP contribution in [-0.4, -0.2) is 32.2 Å². The number of nitrogens with zero attached hydrogens (tertiary/aromatic N) is 4. The summed E-state index contributed by atoms with van der Waals surface area (Å²) in [6.45, 7) is 4.29. The number of rotatable bonds is 6. The molecule has 2 heterocycles. The Bertz CT molecular complexity index is 793. The van der Waals surface area contributed by atoms with E-state index in [2.05, 4.69) is 20.4 Å². The fraction of sp³-hybridized carbons (Fsp3) is 0.294. The van der Waals surface area contributed by atoms with E-state index in [1.54, 1.807) is 13.2 Å². The third-order valence-corrected chi connectivity index (χ3v) is 3.74. The lowest BCUT2D eigenvalue weighted by Crippen LogP contribution is -2.32. The van der Waals surface area contributed by atoms with E-state index in [1.807, 2.05) is 31.2 Å². The second kappa shape index (κ2) is 7.08. The summed E-state index contributed by atoms with van der Waals surface area (Å²) < 4.78 is 7.02. The van der Waals surface area contributed by atoms with E-state index in [4.69, 9.17) is 4.42 Å². The highest BCUT2D eigenvalue weighted by atomic mass is 16.3. The van der Waals surface area contributed by atoms with Crippen molar-refractivity contribution in [3.63, 3.8) is 0 Å². The number of aromatic nitrogens is 4. The van der Waals surface area contributed by atoms with Crippen LogP contribution in [0.3, 0.4) is 0 Å². The van der Waals surface area contributed by atoms with Gasteiger partial charge < -0.3 is 9.73 Å². The number of carbonyl (C=O) groups is 1. The lowest BCUT2D eigenvalue weighted by atomic mass is 10.1. The average molecular weight is 325 g/mol.